The van der Waals surface area contributed by atoms with E-state index in [1.54, 1.807) is 12.3 Å². The van der Waals surface area contributed by atoms with Gasteiger partial charge < -0.3 is 10.1 Å². The van der Waals surface area contributed by atoms with Crippen molar-refractivity contribution in [1.82, 2.24) is 15.3 Å². The number of fused-ring (bicyclic) bond motifs is 1. The van der Waals surface area contributed by atoms with Gasteiger partial charge in [0, 0.05) is 6.20 Å². The molecule has 5 nitrogen and oxygen atoms in total. The number of hydrogen-bond acceptors (Lipinski definition) is 4. The molecule has 2 heterocycles. The second kappa shape index (κ2) is 5.69. The van der Waals surface area contributed by atoms with Crippen molar-refractivity contribution in [3.8, 4) is 5.75 Å². The number of aromatic nitrogens is 2. The van der Waals surface area contributed by atoms with E-state index in [0.717, 1.165) is 17.0 Å². The summed E-state index contributed by atoms with van der Waals surface area (Å²) < 4.78 is 5.62. The van der Waals surface area contributed by atoms with Gasteiger partial charge in [-0.3, -0.25) is 4.79 Å². The van der Waals surface area contributed by atoms with Crippen LogP contribution in [0.1, 0.15) is 11.3 Å². The van der Waals surface area contributed by atoms with Crippen LogP contribution >= 0.6 is 0 Å². The predicted octanol–water partition coefficient (Wildman–Crippen LogP) is 1.34. The summed E-state index contributed by atoms with van der Waals surface area (Å²) in [6.45, 7) is 0.839. The zero-order valence-corrected chi connectivity index (χ0v) is 11.0. The number of carbonyl (C=O) groups is 1. The SMILES string of the molecule is O=C(NCc1ccncn1)[C@@H]1COc2ccccc2C1. The first kappa shape index (κ1) is 12.6. The first-order valence-electron chi connectivity index (χ1n) is 6.56. The molecule has 0 fully saturated rings. The highest BCUT2D eigenvalue weighted by Gasteiger charge is 2.25. The number of rotatable bonds is 3. The first-order valence-corrected chi connectivity index (χ1v) is 6.56. The molecule has 0 aliphatic carbocycles. The number of nitrogens with zero attached hydrogens (tertiary/aromatic N) is 2. The highest BCUT2D eigenvalue weighted by atomic mass is 16.5. The van der Waals surface area contributed by atoms with E-state index in [0.29, 0.717) is 19.6 Å². The molecule has 20 heavy (non-hydrogen) atoms. The molecule has 1 aliphatic heterocycles. The van der Waals surface area contributed by atoms with Crippen LogP contribution < -0.4 is 10.1 Å². The summed E-state index contributed by atoms with van der Waals surface area (Å²) in [7, 11) is 0. The van der Waals surface area contributed by atoms with Crippen molar-refractivity contribution in [3.63, 3.8) is 0 Å². The molecule has 0 saturated heterocycles. The topological polar surface area (TPSA) is 64.1 Å². The van der Waals surface area contributed by atoms with Crippen molar-refractivity contribution < 1.29 is 9.53 Å². The van der Waals surface area contributed by atoms with Gasteiger partial charge in [-0.05, 0) is 24.1 Å². The number of carbonyl (C=O) groups excluding carboxylic acids is 1. The molecule has 1 N–H and O–H groups in total. The number of ether oxygens (including phenoxy) is 1. The molecule has 0 bridgehead atoms. The van der Waals surface area contributed by atoms with E-state index < -0.39 is 0 Å². The number of hydrogen-bond donors (Lipinski definition) is 1. The highest BCUT2D eigenvalue weighted by Crippen LogP contribution is 2.26. The lowest BCUT2D eigenvalue weighted by Crippen LogP contribution is -2.37. The highest BCUT2D eigenvalue weighted by molar-refractivity contribution is 5.79. The van der Waals surface area contributed by atoms with E-state index in [4.69, 9.17) is 4.74 Å². The monoisotopic (exact) mass is 269 g/mol. The van der Waals surface area contributed by atoms with Crippen molar-refractivity contribution in [2.24, 2.45) is 5.92 Å². The van der Waals surface area contributed by atoms with E-state index >= 15 is 0 Å². The van der Waals surface area contributed by atoms with Crippen LogP contribution in [0.5, 0.6) is 5.75 Å². The van der Waals surface area contributed by atoms with Gasteiger partial charge in [-0.2, -0.15) is 0 Å². The zero-order valence-electron chi connectivity index (χ0n) is 11.0. The average Bonchev–Trinajstić information content (AvgIpc) is 2.53. The number of amides is 1. The molecule has 0 spiro atoms. The maximum Gasteiger partial charge on any atom is 0.227 e. The summed E-state index contributed by atoms with van der Waals surface area (Å²) >= 11 is 0. The van der Waals surface area contributed by atoms with Crippen LogP contribution in [0.4, 0.5) is 0 Å². The Kier molecular flexibility index (Phi) is 3.58. The van der Waals surface area contributed by atoms with Crippen molar-refractivity contribution in [2.75, 3.05) is 6.61 Å². The Labute approximate surface area is 117 Å². The quantitative estimate of drug-likeness (QED) is 0.913. The average molecular weight is 269 g/mol. The van der Waals surface area contributed by atoms with E-state index in [2.05, 4.69) is 15.3 Å². The molecule has 1 aromatic heterocycles. The third kappa shape index (κ3) is 2.77. The number of nitrogens with one attached hydrogen (secondary N) is 1. The van der Waals surface area contributed by atoms with Crippen molar-refractivity contribution in [2.45, 2.75) is 13.0 Å². The number of para-hydroxylation sites is 1. The molecule has 2 aromatic rings. The molecule has 1 aliphatic rings. The third-order valence-corrected chi connectivity index (χ3v) is 3.34. The van der Waals surface area contributed by atoms with Gasteiger partial charge in [-0.25, -0.2) is 9.97 Å². The van der Waals surface area contributed by atoms with Crippen LogP contribution in [0.25, 0.3) is 0 Å². The molecule has 3 rings (SSSR count). The van der Waals surface area contributed by atoms with Gasteiger partial charge in [-0.15, -0.1) is 0 Å². The molecule has 1 amide bonds. The molecule has 1 aromatic carbocycles. The smallest absolute Gasteiger partial charge is 0.227 e. The summed E-state index contributed by atoms with van der Waals surface area (Å²) in [6.07, 6.45) is 3.85. The fourth-order valence-electron chi connectivity index (χ4n) is 2.24. The second-order valence-electron chi connectivity index (χ2n) is 4.74. The summed E-state index contributed by atoms with van der Waals surface area (Å²) in [4.78, 5) is 20.1. The molecule has 102 valence electrons. The van der Waals surface area contributed by atoms with Crippen LogP contribution in [0.2, 0.25) is 0 Å². The number of benzene rings is 1. The van der Waals surface area contributed by atoms with Crippen molar-refractivity contribution >= 4 is 5.91 Å². The summed E-state index contributed by atoms with van der Waals surface area (Å²) in [5.74, 6) is 0.734. The first-order chi connectivity index (χ1) is 9.83. The summed E-state index contributed by atoms with van der Waals surface area (Å²) in [5.41, 5.74) is 1.88. The van der Waals surface area contributed by atoms with Gasteiger partial charge in [0.15, 0.2) is 0 Å². The Balaban J connectivity index is 1.59. The maximum absolute atomic E-state index is 12.1. The van der Waals surface area contributed by atoms with Crippen LogP contribution in [0, 0.1) is 5.92 Å². The Morgan fingerprint density at radius 3 is 3.10 bits per heavy atom. The lowest BCUT2D eigenvalue weighted by Gasteiger charge is -2.24. The third-order valence-electron chi connectivity index (χ3n) is 3.34. The van der Waals surface area contributed by atoms with E-state index in [1.807, 2.05) is 24.3 Å². The lowest BCUT2D eigenvalue weighted by atomic mass is 9.96. The molecule has 0 saturated carbocycles. The van der Waals surface area contributed by atoms with Crippen LogP contribution in [0.3, 0.4) is 0 Å². The molecule has 1 atom stereocenters. The maximum atomic E-state index is 12.1. The van der Waals surface area contributed by atoms with Crippen LogP contribution in [0.15, 0.2) is 42.9 Å². The Morgan fingerprint density at radius 1 is 1.35 bits per heavy atom. The van der Waals surface area contributed by atoms with Gasteiger partial charge in [0.1, 0.15) is 18.7 Å². The fraction of sp³-hybridized carbons (Fsp3) is 0.267. The second-order valence-corrected chi connectivity index (χ2v) is 4.74. The molecule has 0 unspecified atom stereocenters. The van der Waals surface area contributed by atoms with Gasteiger partial charge in [0.05, 0.1) is 18.2 Å². The van der Waals surface area contributed by atoms with Crippen LogP contribution in [-0.4, -0.2) is 22.5 Å². The minimum absolute atomic E-state index is 0.00175. The van der Waals surface area contributed by atoms with Gasteiger partial charge in [0.25, 0.3) is 0 Å². The normalized spacial score (nSPS) is 16.9. The van der Waals surface area contributed by atoms with Crippen molar-refractivity contribution in [3.05, 3.63) is 54.1 Å². The Morgan fingerprint density at radius 2 is 2.25 bits per heavy atom. The zero-order chi connectivity index (χ0) is 13.8. The molecule has 0 radical (unpaired) electrons. The minimum atomic E-state index is -0.147. The van der Waals surface area contributed by atoms with E-state index in [9.17, 15) is 4.79 Å². The Bertz CT molecular complexity index is 601. The summed E-state index contributed by atoms with van der Waals surface area (Å²) in [6, 6.07) is 9.62. The van der Waals surface area contributed by atoms with E-state index in [1.165, 1.54) is 6.33 Å². The van der Waals surface area contributed by atoms with Gasteiger partial charge in [-0.1, -0.05) is 18.2 Å². The van der Waals surface area contributed by atoms with Gasteiger partial charge >= 0.3 is 0 Å². The molecule has 5 heteroatoms. The van der Waals surface area contributed by atoms with Crippen molar-refractivity contribution in [1.29, 1.82) is 0 Å². The lowest BCUT2D eigenvalue weighted by molar-refractivity contribution is -0.126. The van der Waals surface area contributed by atoms with Gasteiger partial charge in [0.2, 0.25) is 5.91 Å². The summed E-state index contributed by atoms with van der Waals surface area (Å²) in [5, 5.41) is 2.89. The largest absolute Gasteiger partial charge is 0.492 e. The predicted molar refractivity (Wildman–Crippen MR) is 73.0 cm³/mol. The minimum Gasteiger partial charge on any atom is -0.492 e. The van der Waals surface area contributed by atoms with E-state index in [-0.39, 0.29) is 11.8 Å². The standard InChI is InChI=1S/C15H15N3O2/c19-15(17-8-13-5-6-16-10-18-13)12-7-11-3-1-2-4-14(11)20-9-12/h1-6,10,12H,7-9H2,(H,17,19)/t12-/m0/s1. The molecular weight excluding hydrogens is 254 g/mol. The Hall–Kier alpha value is -2.43. The fourth-order valence-corrected chi connectivity index (χ4v) is 2.24. The molecular formula is C15H15N3O2. The van der Waals surface area contributed by atoms with Crippen LogP contribution in [-0.2, 0) is 17.8 Å².